The highest BCUT2D eigenvalue weighted by Crippen LogP contribution is 2.42. The second-order valence-corrected chi connectivity index (χ2v) is 7.19. The zero-order chi connectivity index (χ0) is 17.3. The molecule has 0 aliphatic carbocycles. The fourth-order valence-electron chi connectivity index (χ4n) is 4.10. The average molecular weight is 341 g/mol. The molecule has 0 unspecified atom stereocenters. The molecule has 6 nitrogen and oxygen atoms in total. The molecule has 0 bridgehead atoms. The van der Waals surface area contributed by atoms with Crippen LogP contribution in [0.5, 0.6) is 0 Å². The third kappa shape index (κ3) is 3.19. The molecular weight excluding hydrogens is 318 g/mol. The maximum atomic E-state index is 11.8. The smallest absolute Gasteiger partial charge is 0.313 e. The van der Waals surface area contributed by atoms with E-state index in [0.29, 0.717) is 19.8 Å². The lowest BCUT2D eigenvalue weighted by Gasteiger charge is -2.34. The van der Waals surface area contributed by atoms with Crippen LogP contribution in [0.2, 0.25) is 0 Å². The normalized spacial score (nSPS) is 26.5. The quantitative estimate of drug-likeness (QED) is 0.899. The van der Waals surface area contributed by atoms with Crippen LogP contribution in [0.4, 0.5) is 0 Å². The lowest BCUT2D eigenvalue weighted by molar-refractivity contribution is -0.159. The Morgan fingerprint density at radius 2 is 2.04 bits per heavy atom. The number of fused-ring (bicyclic) bond motifs is 1. The number of benzene rings is 1. The molecule has 2 atom stereocenters. The summed E-state index contributed by atoms with van der Waals surface area (Å²) in [6, 6.07) is 10.4. The number of likely N-dealkylation sites (tertiary alicyclic amines) is 1. The van der Waals surface area contributed by atoms with Gasteiger partial charge in [-0.3, -0.25) is 14.4 Å². The Balaban J connectivity index is 1.41. The zero-order valence-electron chi connectivity index (χ0n) is 14.2. The van der Waals surface area contributed by atoms with Gasteiger partial charge in [0.15, 0.2) is 0 Å². The van der Waals surface area contributed by atoms with Gasteiger partial charge in [0, 0.05) is 38.6 Å². The van der Waals surface area contributed by atoms with Crippen molar-refractivity contribution in [3.8, 4) is 0 Å². The van der Waals surface area contributed by atoms with Crippen molar-refractivity contribution in [2.75, 3.05) is 26.3 Å². The van der Waals surface area contributed by atoms with Gasteiger partial charge in [-0.1, -0.05) is 24.3 Å². The van der Waals surface area contributed by atoms with E-state index in [1.807, 2.05) is 16.9 Å². The minimum atomic E-state index is -0.724. The van der Waals surface area contributed by atoms with E-state index in [-0.39, 0.29) is 5.92 Å². The molecule has 4 rings (SSSR count). The maximum Gasteiger partial charge on any atom is 0.313 e. The zero-order valence-corrected chi connectivity index (χ0v) is 14.2. The minimum Gasteiger partial charge on any atom is -0.481 e. The van der Waals surface area contributed by atoms with Crippen LogP contribution in [0, 0.1) is 11.3 Å². The van der Waals surface area contributed by atoms with Gasteiger partial charge in [0.25, 0.3) is 0 Å². The Hall–Kier alpha value is -2.18. The molecule has 2 aromatic rings. The Labute approximate surface area is 147 Å². The van der Waals surface area contributed by atoms with Crippen molar-refractivity contribution >= 4 is 5.97 Å². The molecule has 6 heteroatoms. The molecule has 25 heavy (non-hydrogen) atoms. The molecule has 2 fully saturated rings. The summed E-state index contributed by atoms with van der Waals surface area (Å²) in [5, 5.41) is 14.0. The Morgan fingerprint density at radius 3 is 2.68 bits per heavy atom. The summed E-state index contributed by atoms with van der Waals surface area (Å²) in [6.07, 6.45) is 4.57. The number of aromatic nitrogens is 2. The number of carbonyl (C=O) groups is 1. The van der Waals surface area contributed by atoms with E-state index in [1.54, 1.807) is 6.20 Å². The van der Waals surface area contributed by atoms with E-state index in [9.17, 15) is 9.90 Å². The van der Waals surface area contributed by atoms with Crippen LogP contribution in [0.15, 0.2) is 42.7 Å². The number of ether oxygens (including phenoxy) is 1. The summed E-state index contributed by atoms with van der Waals surface area (Å²) in [6.45, 7) is 3.97. The van der Waals surface area contributed by atoms with Crippen molar-refractivity contribution < 1.29 is 14.6 Å². The number of hydrogen-bond acceptors (Lipinski definition) is 4. The molecule has 2 aliphatic heterocycles. The lowest BCUT2D eigenvalue weighted by Crippen LogP contribution is -2.46. The van der Waals surface area contributed by atoms with E-state index in [0.717, 1.165) is 26.1 Å². The number of hydrogen-bond donors (Lipinski definition) is 1. The topological polar surface area (TPSA) is 67.6 Å². The summed E-state index contributed by atoms with van der Waals surface area (Å²) >= 11 is 0. The van der Waals surface area contributed by atoms with Gasteiger partial charge in [0.2, 0.25) is 0 Å². The Bertz CT molecular complexity index is 729. The SMILES string of the molecule is O=C(O)[C@]12COCC[C@H]1CN(Cc1ccc(Cn3cccn3)cc1)C2. The summed E-state index contributed by atoms with van der Waals surface area (Å²) in [5.74, 6) is -0.521. The molecule has 2 saturated heterocycles. The first-order valence-corrected chi connectivity index (χ1v) is 8.74. The minimum absolute atomic E-state index is 0.192. The average Bonchev–Trinajstić information content (AvgIpc) is 3.24. The van der Waals surface area contributed by atoms with Gasteiger partial charge < -0.3 is 9.84 Å². The summed E-state index contributed by atoms with van der Waals surface area (Å²) in [5.41, 5.74) is 1.69. The van der Waals surface area contributed by atoms with Gasteiger partial charge in [-0.15, -0.1) is 0 Å². The first-order valence-electron chi connectivity index (χ1n) is 8.74. The van der Waals surface area contributed by atoms with Gasteiger partial charge >= 0.3 is 5.97 Å². The molecule has 2 aliphatic rings. The van der Waals surface area contributed by atoms with Crippen molar-refractivity contribution in [2.45, 2.75) is 19.5 Å². The maximum absolute atomic E-state index is 11.8. The monoisotopic (exact) mass is 341 g/mol. The van der Waals surface area contributed by atoms with Crippen molar-refractivity contribution in [2.24, 2.45) is 11.3 Å². The molecule has 0 spiro atoms. The largest absolute Gasteiger partial charge is 0.481 e. The highest BCUT2D eigenvalue weighted by atomic mass is 16.5. The first kappa shape index (κ1) is 16.3. The second kappa shape index (κ2) is 6.61. The van der Waals surface area contributed by atoms with E-state index >= 15 is 0 Å². The highest BCUT2D eigenvalue weighted by molar-refractivity contribution is 5.76. The number of aliphatic carboxylic acids is 1. The Kier molecular flexibility index (Phi) is 4.31. The van der Waals surface area contributed by atoms with Crippen molar-refractivity contribution in [3.63, 3.8) is 0 Å². The number of carboxylic acids is 1. The fourth-order valence-corrected chi connectivity index (χ4v) is 4.10. The molecular formula is C19H23N3O3. The molecule has 1 aromatic heterocycles. The van der Waals surface area contributed by atoms with E-state index in [2.05, 4.69) is 34.3 Å². The van der Waals surface area contributed by atoms with Crippen LogP contribution in [0.25, 0.3) is 0 Å². The lowest BCUT2D eigenvalue weighted by atomic mass is 9.76. The van der Waals surface area contributed by atoms with Crippen LogP contribution in [-0.2, 0) is 22.6 Å². The van der Waals surface area contributed by atoms with Crippen molar-refractivity contribution in [1.82, 2.24) is 14.7 Å². The van der Waals surface area contributed by atoms with Crippen LogP contribution in [-0.4, -0.2) is 52.1 Å². The van der Waals surface area contributed by atoms with E-state index in [1.165, 1.54) is 11.1 Å². The van der Waals surface area contributed by atoms with Gasteiger partial charge in [0.1, 0.15) is 5.41 Å². The summed E-state index contributed by atoms with van der Waals surface area (Å²) in [7, 11) is 0. The van der Waals surface area contributed by atoms with Crippen molar-refractivity contribution in [3.05, 3.63) is 53.9 Å². The van der Waals surface area contributed by atoms with E-state index < -0.39 is 11.4 Å². The van der Waals surface area contributed by atoms with Gasteiger partial charge in [-0.05, 0) is 29.5 Å². The molecule has 1 N–H and O–H groups in total. The van der Waals surface area contributed by atoms with Crippen LogP contribution >= 0.6 is 0 Å². The Morgan fingerprint density at radius 1 is 1.28 bits per heavy atom. The van der Waals surface area contributed by atoms with Gasteiger partial charge in [0.05, 0.1) is 13.2 Å². The number of carboxylic acid groups (broad SMARTS) is 1. The molecule has 3 heterocycles. The fraction of sp³-hybridized carbons (Fsp3) is 0.474. The van der Waals surface area contributed by atoms with Crippen LogP contribution in [0.1, 0.15) is 17.5 Å². The predicted octanol–water partition coefficient (Wildman–Crippen LogP) is 1.85. The molecule has 0 amide bonds. The van der Waals surface area contributed by atoms with Gasteiger partial charge in [-0.25, -0.2) is 0 Å². The number of nitrogens with zero attached hydrogens (tertiary/aromatic N) is 3. The molecule has 132 valence electrons. The molecule has 1 aromatic carbocycles. The third-order valence-electron chi connectivity index (χ3n) is 5.49. The van der Waals surface area contributed by atoms with Crippen molar-refractivity contribution in [1.29, 1.82) is 0 Å². The summed E-state index contributed by atoms with van der Waals surface area (Å²) < 4.78 is 7.40. The standard InChI is InChI=1S/C19H23N3O3/c23-18(24)19-13-21(12-17(19)6-9-25-14-19)10-15-2-4-16(5-3-15)11-22-8-1-7-20-22/h1-5,7-8,17H,6,9-14H2,(H,23,24)/t17-,19+/m0/s1. The van der Waals surface area contributed by atoms with Crippen LogP contribution < -0.4 is 0 Å². The van der Waals surface area contributed by atoms with E-state index in [4.69, 9.17) is 4.74 Å². The third-order valence-corrected chi connectivity index (χ3v) is 5.49. The summed E-state index contributed by atoms with van der Waals surface area (Å²) in [4.78, 5) is 14.1. The molecule has 0 radical (unpaired) electrons. The highest BCUT2D eigenvalue weighted by Gasteiger charge is 2.53. The van der Waals surface area contributed by atoms with Gasteiger partial charge in [-0.2, -0.15) is 5.10 Å². The predicted molar refractivity (Wildman–Crippen MR) is 92.0 cm³/mol. The number of rotatable bonds is 5. The molecule has 0 saturated carbocycles. The van der Waals surface area contributed by atoms with Crippen LogP contribution in [0.3, 0.4) is 0 Å². The second-order valence-electron chi connectivity index (χ2n) is 7.19. The first-order chi connectivity index (χ1) is 12.2.